The number of hydrogen-bond donors (Lipinski definition) is 1. The fourth-order valence-electron chi connectivity index (χ4n) is 3.20. The molecular formula is C18H23F2N3O. The van der Waals surface area contributed by atoms with E-state index in [2.05, 4.69) is 10.4 Å². The Bertz CT molecular complexity index is 689. The van der Waals surface area contributed by atoms with E-state index in [4.69, 9.17) is 4.74 Å². The van der Waals surface area contributed by atoms with Gasteiger partial charge in [-0.1, -0.05) is 6.07 Å². The summed E-state index contributed by atoms with van der Waals surface area (Å²) in [7, 11) is 0. The van der Waals surface area contributed by atoms with Crippen LogP contribution in [0.2, 0.25) is 0 Å². The van der Waals surface area contributed by atoms with E-state index in [1.165, 1.54) is 12.1 Å². The van der Waals surface area contributed by atoms with Crippen LogP contribution in [0.5, 0.6) is 0 Å². The van der Waals surface area contributed by atoms with Gasteiger partial charge in [-0.3, -0.25) is 4.68 Å². The topological polar surface area (TPSA) is 39.1 Å². The SMILES string of the molecule is CCn1cc([C@@H]2OCC[C@@H]2CN[C@H](C)c2ccc(F)cc2F)cn1. The van der Waals surface area contributed by atoms with E-state index in [0.717, 1.165) is 24.6 Å². The Morgan fingerprint density at radius 1 is 1.42 bits per heavy atom. The Hall–Kier alpha value is -1.79. The minimum absolute atomic E-state index is 0.0167. The summed E-state index contributed by atoms with van der Waals surface area (Å²) < 4.78 is 34.7. The summed E-state index contributed by atoms with van der Waals surface area (Å²) in [6.45, 7) is 6.19. The first-order chi connectivity index (χ1) is 11.6. The molecule has 3 atom stereocenters. The molecule has 3 rings (SSSR count). The highest BCUT2D eigenvalue weighted by Crippen LogP contribution is 2.34. The van der Waals surface area contributed by atoms with Gasteiger partial charge in [-0.15, -0.1) is 0 Å². The van der Waals surface area contributed by atoms with Gasteiger partial charge in [0.05, 0.1) is 12.3 Å². The molecule has 0 saturated carbocycles. The predicted octanol–water partition coefficient (Wildman–Crippen LogP) is 3.61. The van der Waals surface area contributed by atoms with Gasteiger partial charge in [0.15, 0.2) is 0 Å². The molecule has 0 spiro atoms. The minimum Gasteiger partial charge on any atom is -0.373 e. The number of hydrogen-bond acceptors (Lipinski definition) is 3. The van der Waals surface area contributed by atoms with Gasteiger partial charge in [-0.25, -0.2) is 8.78 Å². The summed E-state index contributed by atoms with van der Waals surface area (Å²) in [6, 6.07) is 3.52. The summed E-state index contributed by atoms with van der Waals surface area (Å²) in [5.74, 6) is -0.760. The van der Waals surface area contributed by atoms with Crippen molar-refractivity contribution in [3.05, 3.63) is 53.4 Å². The Balaban J connectivity index is 1.62. The average Bonchev–Trinajstić information content (AvgIpc) is 3.21. The molecular weight excluding hydrogens is 312 g/mol. The van der Waals surface area contributed by atoms with Crippen LogP contribution >= 0.6 is 0 Å². The van der Waals surface area contributed by atoms with Crippen molar-refractivity contribution >= 4 is 0 Å². The smallest absolute Gasteiger partial charge is 0.130 e. The highest BCUT2D eigenvalue weighted by atomic mass is 19.1. The largest absolute Gasteiger partial charge is 0.373 e. The molecule has 1 aromatic heterocycles. The number of nitrogens with zero attached hydrogens (tertiary/aromatic N) is 2. The molecule has 0 amide bonds. The zero-order chi connectivity index (χ0) is 17.1. The van der Waals surface area contributed by atoms with E-state index < -0.39 is 11.6 Å². The van der Waals surface area contributed by atoms with Gasteiger partial charge in [-0.05, 0) is 26.3 Å². The molecule has 1 aromatic carbocycles. The van der Waals surface area contributed by atoms with Crippen LogP contribution in [-0.2, 0) is 11.3 Å². The molecule has 24 heavy (non-hydrogen) atoms. The van der Waals surface area contributed by atoms with Gasteiger partial charge >= 0.3 is 0 Å². The van der Waals surface area contributed by atoms with Crippen molar-refractivity contribution in [3.63, 3.8) is 0 Å². The standard InChI is InChI=1S/C18H23F2N3O/c1-3-23-11-14(10-22-23)18-13(6-7-24-18)9-21-12(2)16-5-4-15(19)8-17(16)20/h4-5,8,10-13,18,21H,3,6-7,9H2,1-2H3/t12-,13-,18-/m1/s1. The van der Waals surface area contributed by atoms with E-state index >= 15 is 0 Å². The Kier molecular flexibility index (Phi) is 5.26. The summed E-state index contributed by atoms with van der Waals surface area (Å²) >= 11 is 0. The van der Waals surface area contributed by atoms with Crippen LogP contribution in [0.25, 0.3) is 0 Å². The zero-order valence-electron chi connectivity index (χ0n) is 14.0. The number of nitrogens with one attached hydrogen (secondary N) is 1. The molecule has 1 fully saturated rings. The lowest BCUT2D eigenvalue weighted by Gasteiger charge is -2.21. The third-order valence-electron chi connectivity index (χ3n) is 4.64. The quantitative estimate of drug-likeness (QED) is 0.876. The van der Waals surface area contributed by atoms with Crippen molar-refractivity contribution in [2.45, 2.75) is 39.0 Å². The summed E-state index contributed by atoms with van der Waals surface area (Å²) in [6.07, 6.45) is 4.85. The van der Waals surface area contributed by atoms with Crippen molar-refractivity contribution in [3.8, 4) is 0 Å². The van der Waals surface area contributed by atoms with Gasteiger partial charge in [0.1, 0.15) is 11.6 Å². The van der Waals surface area contributed by atoms with Crippen molar-refractivity contribution in [1.29, 1.82) is 0 Å². The third kappa shape index (κ3) is 3.65. The fraction of sp³-hybridized carbons (Fsp3) is 0.500. The second-order valence-corrected chi connectivity index (χ2v) is 6.27. The van der Waals surface area contributed by atoms with Crippen molar-refractivity contribution < 1.29 is 13.5 Å². The highest BCUT2D eigenvalue weighted by Gasteiger charge is 2.30. The van der Waals surface area contributed by atoms with Crippen molar-refractivity contribution in [2.24, 2.45) is 5.92 Å². The van der Waals surface area contributed by atoms with Crippen LogP contribution in [0, 0.1) is 17.6 Å². The van der Waals surface area contributed by atoms with Crippen molar-refractivity contribution in [1.82, 2.24) is 15.1 Å². The van der Waals surface area contributed by atoms with Gasteiger partial charge in [0.25, 0.3) is 0 Å². The third-order valence-corrected chi connectivity index (χ3v) is 4.64. The lowest BCUT2D eigenvalue weighted by molar-refractivity contribution is 0.0898. The molecule has 1 saturated heterocycles. The normalized spacial score (nSPS) is 22.0. The lowest BCUT2D eigenvalue weighted by atomic mass is 9.96. The Labute approximate surface area is 140 Å². The molecule has 0 aliphatic carbocycles. The molecule has 130 valence electrons. The van der Waals surface area contributed by atoms with E-state index in [9.17, 15) is 8.78 Å². The van der Waals surface area contributed by atoms with E-state index in [1.54, 1.807) is 0 Å². The van der Waals surface area contributed by atoms with Crippen molar-refractivity contribution in [2.75, 3.05) is 13.2 Å². The van der Waals surface area contributed by atoms with Crippen LogP contribution in [0.4, 0.5) is 8.78 Å². The molecule has 0 radical (unpaired) electrons. The van der Waals surface area contributed by atoms with Crippen LogP contribution in [-0.4, -0.2) is 22.9 Å². The molecule has 6 heteroatoms. The molecule has 0 bridgehead atoms. The number of rotatable bonds is 6. The monoisotopic (exact) mass is 335 g/mol. The zero-order valence-corrected chi connectivity index (χ0v) is 14.0. The van der Waals surface area contributed by atoms with Crippen LogP contribution in [0.3, 0.4) is 0 Å². The molecule has 1 N–H and O–H groups in total. The maximum atomic E-state index is 13.9. The van der Waals surface area contributed by atoms with Crippen LogP contribution in [0.1, 0.15) is 43.5 Å². The Morgan fingerprint density at radius 3 is 2.96 bits per heavy atom. The maximum Gasteiger partial charge on any atom is 0.130 e. The first-order valence-electron chi connectivity index (χ1n) is 8.40. The van der Waals surface area contributed by atoms with E-state index in [-0.39, 0.29) is 12.1 Å². The highest BCUT2D eigenvalue weighted by molar-refractivity contribution is 5.21. The second kappa shape index (κ2) is 7.40. The molecule has 2 heterocycles. The molecule has 2 aromatic rings. The molecule has 0 unspecified atom stereocenters. The maximum absolute atomic E-state index is 13.9. The Morgan fingerprint density at radius 2 is 2.25 bits per heavy atom. The molecule has 4 nitrogen and oxygen atoms in total. The van der Waals surface area contributed by atoms with Gasteiger partial charge in [0.2, 0.25) is 0 Å². The van der Waals surface area contributed by atoms with Gasteiger partial charge in [-0.2, -0.15) is 5.10 Å². The van der Waals surface area contributed by atoms with E-state index in [1.807, 2.05) is 30.9 Å². The summed E-state index contributed by atoms with van der Waals surface area (Å²) in [5, 5.41) is 7.66. The first-order valence-corrected chi connectivity index (χ1v) is 8.40. The van der Waals surface area contributed by atoms with Crippen LogP contribution < -0.4 is 5.32 Å². The van der Waals surface area contributed by atoms with E-state index in [0.29, 0.717) is 24.6 Å². The number of benzene rings is 1. The molecule has 1 aliphatic heterocycles. The number of halogens is 2. The number of aryl methyl sites for hydroxylation is 1. The lowest BCUT2D eigenvalue weighted by Crippen LogP contribution is -2.28. The summed E-state index contributed by atoms with van der Waals surface area (Å²) in [5.41, 5.74) is 1.56. The second-order valence-electron chi connectivity index (χ2n) is 6.27. The number of aromatic nitrogens is 2. The number of ether oxygens (including phenoxy) is 1. The fourth-order valence-corrected chi connectivity index (χ4v) is 3.20. The first kappa shape index (κ1) is 17.0. The average molecular weight is 335 g/mol. The minimum atomic E-state index is -0.555. The van der Waals surface area contributed by atoms with Gasteiger partial charge in [0, 0.05) is 55.0 Å². The predicted molar refractivity (Wildman–Crippen MR) is 87.5 cm³/mol. The van der Waals surface area contributed by atoms with Gasteiger partial charge < -0.3 is 10.1 Å². The van der Waals surface area contributed by atoms with Crippen LogP contribution in [0.15, 0.2) is 30.6 Å². The summed E-state index contributed by atoms with van der Waals surface area (Å²) in [4.78, 5) is 0. The molecule has 1 aliphatic rings.